The van der Waals surface area contributed by atoms with Crippen molar-refractivity contribution in [2.75, 3.05) is 7.05 Å². The molecule has 0 amide bonds. The third-order valence-electron chi connectivity index (χ3n) is 3.29. The molecule has 1 aliphatic carbocycles. The van der Waals surface area contributed by atoms with E-state index in [-0.39, 0.29) is 0 Å². The lowest BCUT2D eigenvalue weighted by Gasteiger charge is -2.13. The van der Waals surface area contributed by atoms with E-state index in [9.17, 15) is 0 Å². The Kier molecular flexibility index (Phi) is 3.71. The largest absolute Gasteiger partial charge is 0.468 e. The Bertz CT molecular complexity index is 500. The van der Waals surface area contributed by atoms with E-state index in [1.54, 1.807) is 6.26 Å². The van der Waals surface area contributed by atoms with Crippen molar-refractivity contribution < 1.29 is 8.83 Å². The van der Waals surface area contributed by atoms with Gasteiger partial charge in [-0.1, -0.05) is 0 Å². The van der Waals surface area contributed by atoms with E-state index in [1.807, 2.05) is 12.1 Å². The van der Waals surface area contributed by atoms with Crippen molar-refractivity contribution in [2.24, 2.45) is 0 Å². The van der Waals surface area contributed by atoms with E-state index in [4.69, 9.17) is 8.83 Å². The molecule has 1 fully saturated rings. The number of furan rings is 2. The first-order valence-electron chi connectivity index (χ1n) is 6.81. The maximum Gasteiger partial charge on any atom is 0.118 e. The standard InChI is InChI=1S/C15H20N2O2/c1-17(10-14-3-2-8-18-14)11-15-7-6-13(19-15)9-16-12-4-5-12/h2-3,6-8,12,16H,4-5,9-11H2,1H3. The topological polar surface area (TPSA) is 41.6 Å². The second-order valence-corrected chi connectivity index (χ2v) is 5.27. The Hall–Kier alpha value is -1.52. The smallest absolute Gasteiger partial charge is 0.118 e. The van der Waals surface area contributed by atoms with Gasteiger partial charge in [-0.25, -0.2) is 0 Å². The second kappa shape index (κ2) is 5.63. The Morgan fingerprint density at radius 3 is 2.68 bits per heavy atom. The highest BCUT2D eigenvalue weighted by Gasteiger charge is 2.20. The van der Waals surface area contributed by atoms with Crippen molar-refractivity contribution in [1.82, 2.24) is 10.2 Å². The van der Waals surface area contributed by atoms with E-state index in [1.165, 1.54) is 12.8 Å². The highest BCUT2D eigenvalue weighted by molar-refractivity contribution is 5.08. The van der Waals surface area contributed by atoms with Crippen LogP contribution in [0.1, 0.15) is 30.1 Å². The van der Waals surface area contributed by atoms with Gasteiger partial charge in [-0.3, -0.25) is 4.90 Å². The molecular formula is C15H20N2O2. The highest BCUT2D eigenvalue weighted by Crippen LogP contribution is 2.20. The van der Waals surface area contributed by atoms with E-state index >= 15 is 0 Å². The fraction of sp³-hybridized carbons (Fsp3) is 0.467. The van der Waals surface area contributed by atoms with Crippen molar-refractivity contribution >= 4 is 0 Å². The summed E-state index contributed by atoms with van der Waals surface area (Å²) < 4.78 is 11.2. The molecule has 4 nitrogen and oxygen atoms in total. The summed E-state index contributed by atoms with van der Waals surface area (Å²) >= 11 is 0. The van der Waals surface area contributed by atoms with Crippen molar-refractivity contribution in [1.29, 1.82) is 0 Å². The molecule has 0 aliphatic heterocycles. The predicted octanol–water partition coefficient (Wildman–Crippen LogP) is 2.76. The number of hydrogen-bond donors (Lipinski definition) is 1. The van der Waals surface area contributed by atoms with Crippen LogP contribution in [0.5, 0.6) is 0 Å². The minimum Gasteiger partial charge on any atom is -0.468 e. The first kappa shape index (κ1) is 12.5. The molecule has 0 spiro atoms. The number of nitrogens with one attached hydrogen (secondary N) is 1. The van der Waals surface area contributed by atoms with Crippen LogP contribution in [-0.2, 0) is 19.6 Å². The van der Waals surface area contributed by atoms with Crippen LogP contribution in [-0.4, -0.2) is 18.0 Å². The predicted molar refractivity (Wildman–Crippen MR) is 72.4 cm³/mol. The molecule has 0 saturated heterocycles. The van der Waals surface area contributed by atoms with Gasteiger partial charge >= 0.3 is 0 Å². The lowest BCUT2D eigenvalue weighted by Crippen LogP contribution is -2.16. The van der Waals surface area contributed by atoms with Gasteiger partial charge in [0.25, 0.3) is 0 Å². The van der Waals surface area contributed by atoms with Crippen LogP contribution in [0.15, 0.2) is 39.4 Å². The molecule has 2 heterocycles. The highest BCUT2D eigenvalue weighted by atomic mass is 16.3. The summed E-state index contributed by atoms with van der Waals surface area (Å²) in [6, 6.07) is 8.74. The minimum atomic E-state index is 0.718. The van der Waals surface area contributed by atoms with Crippen molar-refractivity contribution in [3.05, 3.63) is 47.8 Å². The zero-order valence-electron chi connectivity index (χ0n) is 11.3. The van der Waals surface area contributed by atoms with E-state index in [2.05, 4.69) is 29.4 Å². The maximum absolute atomic E-state index is 5.82. The van der Waals surface area contributed by atoms with Crippen molar-refractivity contribution in [3.8, 4) is 0 Å². The van der Waals surface area contributed by atoms with Gasteiger partial charge in [0.1, 0.15) is 17.3 Å². The summed E-state index contributed by atoms with van der Waals surface area (Å²) in [5.74, 6) is 3.00. The lowest BCUT2D eigenvalue weighted by molar-refractivity contribution is 0.261. The van der Waals surface area contributed by atoms with Crippen LogP contribution >= 0.6 is 0 Å². The summed E-state index contributed by atoms with van der Waals surface area (Å²) in [4.78, 5) is 2.18. The molecule has 0 aromatic carbocycles. The molecule has 0 bridgehead atoms. The van der Waals surface area contributed by atoms with E-state index in [0.29, 0.717) is 0 Å². The van der Waals surface area contributed by atoms with Gasteiger partial charge in [-0.15, -0.1) is 0 Å². The third kappa shape index (κ3) is 3.72. The molecule has 19 heavy (non-hydrogen) atoms. The lowest BCUT2D eigenvalue weighted by atomic mass is 10.3. The summed E-state index contributed by atoms with van der Waals surface area (Å²) in [5.41, 5.74) is 0. The average Bonchev–Trinajstić information content (AvgIpc) is 2.88. The zero-order valence-corrected chi connectivity index (χ0v) is 11.3. The normalized spacial score (nSPS) is 15.3. The molecule has 102 valence electrons. The molecule has 3 rings (SSSR count). The van der Waals surface area contributed by atoms with Gasteiger partial charge < -0.3 is 14.2 Å². The fourth-order valence-corrected chi connectivity index (χ4v) is 2.13. The summed E-state index contributed by atoms with van der Waals surface area (Å²) in [6.45, 7) is 2.43. The summed E-state index contributed by atoms with van der Waals surface area (Å²) in [5, 5.41) is 3.45. The van der Waals surface area contributed by atoms with Gasteiger partial charge in [0.2, 0.25) is 0 Å². The molecule has 1 saturated carbocycles. The van der Waals surface area contributed by atoms with Gasteiger partial charge in [0, 0.05) is 6.04 Å². The van der Waals surface area contributed by atoms with E-state index in [0.717, 1.165) is 43.0 Å². The molecule has 1 aliphatic rings. The van der Waals surface area contributed by atoms with Crippen LogP contribution in [0.3, 0.4) is 0 Å². The molecule has 2 aromatic rings. The molecule has 4 heteroatoms. The molecule has 0 radical (unpaired) electrons. The molecule has 2 aromatic heterocycles. The Morgan fingerprint density at radius 1 is 1.16 bits per heavy atom. The first-order valence-corrected chi connectivity index (χ1v) is 6.81. The van der Waals surface area contributed by atoms with Crippen molar-refractivity contribution in [3.63, 3.8) is 0 Å². The number of rotatable bonds is 7. The summed E-state index contributed by atoms with van der Waals surface area (Å²) in [7, 11) is 2.06. The fourth-order valence-electron chi connectivity index (χ4n) is 2.13. The van der Waals surface area contributed by atoms with Crippen molar-refractivity contribution in [2.45, 2.75) is 38.5 Å². The maximum atomic E-state index is 5.82. The van der Waals surface area contributed by atoms with Gasteiger partial charge in [0.05, 0.1) is 25.9 Å². The van der Waals surface area contributed by atoms with Crippen LogP contribution < -0.4 is 5.32 Å². The van der Waals surface area contributed by atoms with Crippen LogP contribution in [0.2, 0.25) is 0 Å². The number of hydrogen-bond acceptors (Lipinski definition) is 4. The average molecular weight is 260 g/mol. The van der Waals surface area contributed by atoms with Gasteiger partial charge in [0.15, 0.2) is 0 Å². The molecule has 0 atom stereocenters. The van der Waals surface area contributed by atoms with Crippen LogP contribution in [0.4, 0.5) is 0 Å². The van der Waals surface area contributed by atoms with E-state index < -0.39 is 0 Å². The monoisotopic (exact) mass is 260 g/mol. The SMILES string of the molecule is CN(Cc1ccco1)Cc1ccc(CNC2CC2)o1. The van der Waals surface area contributed by atoms with Crippen LogP contribution in [0.25, 0.3) is 0 Å². The van der Waals surface area contributed by atoms with Gasteiger partial charge in [-0.2, -0.15) is 0 Å². The quantitative estimate of drug-likeness (QED) is 0.831. The Labute approximate surface area is 113 Å². The molecule has 0 unspecified atom stereocenters. The van der Waals surface area contributed by atoms with Crippen LogP contribution in [0, 0.1) is 0 Å². The van der Waals surface area contributed by atoms with Gasteiger partial charge in [-0.05, 0) is 44.2 Å². The number of nitrogens with zero attached hydrogens (tertiary/aromatic N) is 1. The first-order chi connectivity index (χ1) is 9.29. The second-order valence-electron chi connectivity index (χ2n) is 5.27. The summed E-state index contributed by atoms with van der Waals surface area (Å²) in [6.07, 6.45) is 4.32. The Balaban J connectivity index is 1.48. The minimum absolute atomic E-state index is 0.718. The Morgan fingerprint density at radius 2 is 1.95 bits per heavy atom. The zero-order chi connectivity index (χ0) is 13.1. The molecular weight excluding hydrogens is 240 g/mol. The third-order valence-corrected chi connectivity index (χ3v) is 3.29. The molecule has 1 N–H and O–H groups in total.